The molecule has 8 heteroatoms. The molecule has 150 valence electrons. The van der Waals surface area contributed by atoms with E-state index in [1.54, 1.807) is 0 Å². The fraction of sp³-hybridized carbons (Fsp3) is 0.632. The molecule has 1 heterocycles. The topological polar surface area (TPSA) is 66.9 Å². The molecule has 1 aromatic carbocycles. The first-order valence-corrected chi connectivity index (χ1v) is 11.3. The number of carbonyl (C=O) groups excluding carboxylic acids is 1. The third kappa shape index (κ3) is 4.31. The summed E-state index contributed by atoms with van der Waals surface area (Å²) in [6.45, 7) is 5.35. The van der Waals surface area contributed by atoms with Gasteiger partial charge < -0.3 is 9.64 Å². The molecule has 1 aromatic rings. The average Bonchev–Trinajstić information content (AvgIpc) is 3.16. The van der Waals surface area contributed by atoms with Crippen LogP contribution in [0.3, 0.4) is 0 Å². The van der Waals surface area contributed by atoms with Crippen molar-refractivity contribution in [2.24, 2.45) is 0 Å². The number of hydrogen-bond acceptors (Lipinski definition) is 4. The number of ether oxygens (including phenoxy) is 1. The summed E-state index contributed by atoms with van der Waals surface area (Å²) < 4.78 is 32.5. The Hall–Kier alpha value is -1.15. The van der Waals surface area contributed by atoms with Gasteiger partial charge in [-0.2, -0.15) is 4.31 Å². The number of carbonyl (C=O) groups is 1. The van der Waals surface area contributed by atoms with Crippen LogP contribution >= 0.6 is 11.6 Å². The van der Waals surface area contributed by atoms with Crippen molar-refractivity contribution < 1.29 is 17.9 Å². The average molecular weight is 415 g/mol. The van der Waals surface area contributed by atoms with Crippen LogP contribution in [0.2, 0.25) is 5.02 Å². The molecule has 6 nitrogen and oxygen atoms in total. The molecule has 3 rings (SSSR count). The maximum atomic E-state index is 13.3. The number of morpholine rings is 1. The summed E-state index contributed by atoms with van der Waals surface area (Å²) in [6.07, 6.45) is 4.18. The van der Waals surface area contributed by atoms with Crippen molar-refractivity contribution in [3.63, 3.8) is 0 Å². The highest BCUT2D eigenvalue weighted by atomic mass is 35.5. The highest BCUT2D eigenvalue weighted by Crippen LogP contribution is 2.30. The molecule has 27 heavy (non-hydrogen) atoms. The van der Waals surface area contributed by atoms with E-state index in [2.05, 4.69) is 0 Å². The number of sulfonamides is 1. The van der Waals surface area contributed by atoms with E-state index in [1.807, 2.05) is 18.7 Å². The number of rotatable bonds is 5. The van der Waals surface area contributed by atoms with Crippen LogP contribution in [0, 0.1) is 0 Å². The van der Waals surface area contributed by atoms with Crippen LogP contribution in [0.15, 0.2) is 23.1 Å². The summed E-state index contributed by atoms with van der Waals surface area (Å²) in [7, 11) is -3.68. The summed E-state index contributed by atoms with van der Waals surface area (Å²) >= 11 is 6.31. The Kier molecular flexibility index (Phi) is 6.46. The van der Waals surface area contributed by atoms with Gasteiger partial charge in [0, 0.05) is 25.2 Å². The second kappa shape index (κ2) is 8.47. The zero-order chi connectivity index (χ0) is 19.6. The van der Waals surface area contributed by atoms with Crippen LogP contribution in [-0.2, 0) is 14.8 Å². The number of halogens is 1. The lowest BCUT2D eigenvalue weighted by Gasteiger charge is -2.33. The third-order valence-electron chi connectivity index (χ3n) is 5.29. The van der Waals surface area contributed by atoms with E-state index in [4.69, 9.17) is 16.3 Å². The molecule has 0 unspecified atom stereocenters. The van der Waals surface area contributed by atoms with Gasteiger partial charge in [0.15, 0.2) is 0 Å². The summed E-state index contributed by atoms with van der Waals surface area (Å²) in [4.78, 5) is 15.2. The first-order valence-electron chi connectivity index (χ1n) is 9.52. The molecular weight excluding hydrogens is 388 g/mol. The van der Waals surface area contributed by atoms with Crippen molar-refractivity contribution in [2.75, 3.05) is 26.3 Å². The lowest BCUT2D eigenvalue weighted by atomic mass is 10.1. The zero-order valence-corrected chi connectivity index (χ0v) is 17.4. The zero-order valence-electron chi connectivity index (χ0n) is 15.9. The van der Waals surface area contributed by atoms with Gasteiger partial charge in [0.25, 0.3) is 5.91 Å². The van der Waals surface area contributed by atoms with E-state index in [9.17, 15) is 13.2 Å². The smallest absolute Gasteiger partial charge is 0.255 e. The van der Waals surface area contributed by atoms with Gasteiger partial charge in [0.05, 0.1) is 28.7 Å². The Morgan fingerprint density at radius 1 is 1.22 bits per heavy atom. The molecule has 0 N–H and O–H groups in total. The van der Waals surface area contributed by atoms with Gasteiger partial charge in [0.2, 0.25) is 10.0 Å². The van der Waals surface area contributed by atoms with Crippen LogP contribution in [0.4, 0.5) is 0 Å². The minimum Gasteiger partial charge on any atom is -0.379 e. The van der Waals surface area contributed by atoms with E-state index in [0.29, 0.717) is 26.3 Å². The molecule has 0 radical (unpaired) electrons. The van der Waals surface area contributed by atoms with Crippen LogP contribution < -0.4 is 0 Å². The number of nitrogens with zero attached hydrogens (tertiary/aromatic N) is 2. The molecule has 2 fully saturated rings. The molecule has 1 aliphatic heterocycles. The third-order valence-corrected chi connectivity index (χ3v) is 7.51. The first kappa shape index (κ1) is 20.6. The molecule has 1 aliphatic carbocycles. The second-order valence-electron chi connectivity index (χ2n) is 7.40. The Morgan fingerprint density at radius 2 is 1.85 bits per heavy atom. The summed E-state index contributed by atoms with van der Waals surface area (Å²) in [5, 5.41) is 0.282. The van der Waals surface area contributed by atoms with Gasteiger partial charge >= 0.3 is 0 Å². The molecular formula is C19H27ClN2O4S. The van der Waals surface area contributed by atoms with Crippen molar-refractivity contribution in [3.8, 4) is 0 Å². The van der Waals surface area contributed by atoms with E-state index >= 15 is 0 Å². The van der Waals surface area contributed by atoms with Crippen molar-refractivity contribution >= 4 is 27.5 Å². The van der Waals surface area contributed by atoms with Crippen LogP contribution in [0.5, 0.6) is 0 Å². The van der Waals surface area contributed by atoms with E-state index in [1.165, 1.54) is 22.5 Å². The minimum absolute atomic E-state index is 0.0242. The molecule has 0 bridgehead atoms. The molecule has 2 aliphatic rings. The maximum Gasteiger partial charge on any atom is 0.255 e. The van der Waals surface area contributed by atoms with Gasteiger partial charge in [0.1, 0.15) is 0 Å². The Labute approximate surface area is 166 Å². The number of hydrogen-bond donors (Lipinski definition) is 0. The highest BCUT2D eigenvalue weighted by molar-refractivity contribution is 7.89. The molecule has 0 spiro atoms. The molecule has 1 amide bonds. The van der Waals surface area contributed by atoms with Gasteiger partial charge in [-0.3, -0.25) is 4.79 Å². The molecule has 1 saturated heterocycles. The Morgan fingerprint density at radius 3 is 2.44 bits per heavy atom. The summed E-state index contributed by atoms with van der Waals surface area (Å²) in [6, 6.07) is 4.62. The fourth-order valence-corrected chi connectivity index (χ4v) is 5.54. The highest BCUT2D eigenvalue weighted by Gasteiger charge is 2.32. The predicted molar refractivity (Wildman–Crippen MR) is 105 cm³/mol. The first-order chi connectivity index (χ1) is 12.8. The van der Waals surface area contributed by atoms with Gasteiger partial charge in [-0.05, 0) is 44.9 Å². The van der Waals surface area contributed by atoms with Crippen LogP contribution in [0.25, 0.3) is 0 Å². The maximum absolute atomic E-state index is 13.3. The largest absolute Gasteiger partial charge is 0.379 e. The number of benzene rings is 1. The van der Waals surface area contributed by atoms with Gasteiger partial charge in [-0.25, -0.2) is 8.42 Å². The van der Waals surface area contributed by atoms with E-state index < -0.39 is 10.0 Å². The van der Waals surface area contributed by atoms with Gasteiger partial charge in [-0.1, -0.05) is 24.4 Å². The van der Waals surface area contributed by atoms with Crippen LogP contribution in [-0.4, -0.2) is 61.9 Å². The minimum atomic E-state index is -3.68. The van der Waals surface area contributed by atoms with Crippen molar-refractivity contribution in [1.29, 1.82) is 0 Å². The fourth-order valence-electron chi connectivity index (χ4n) is 3.91. The normalized spacial score (nSPS) is 19.6. The summed E-state index contributed by atoms with van der Waals surface area (Å²) in [5.41, 5.74) is 0.256. The van der Waals surface area contributed by atoms with Crippen LogP contribution in [0.1, 0.15) is 49.9 Å². The monoisotopic (exact) mass is 414 g/mol. The van der Waals surface area contributed by atoms with E-state index in [0.717, 1.165) is 25.7 Å². The predicted octanol–water partition coefficient (Wildman–Crippen LogP) is 3.15. The van der Waals surface area contributed by atoms with E-state index in [-0.39, 0.29) is 33.5 Å². The van der Waals surface area contributed by atoms with Gasteiger partial charge in [-0.15, -0.1) is 0 Å². The lowest BCUT2D eigenvalue weighted by molar-refractivity contribution is 0.0613. The second-order valence-corrected chi connectivity index (χ2v) is 9.75. The quantitative estimate of drug-likeness (QED) is 0.742. The SMILES string of the molecule is CC(C)N(C(=O)c1cc(S(=O)(=O)N2CCOCC2)ccc1Cl)C1CCCC1. The number of amides is 1. The Bertz CT molecular complexity index is 785. The standard InChI is InChI=1S/C19H27ClN2O4S/c1-14(2)22(15-5-3-4-6-15)19(23)17-13-16(7-8-18(17)20)27(24,25)21-9-11-26-12-10-21/h7-8,13-15H,3-6,9-12H2,1-2H3. The molecule has 0 atom stereocenters. The Balaban J connectivity index is 1.93. The summed E-state index contributed by atoms with van der Waals surface area (Å²) in [5.74, 6) is -0.194. The molecule has 0 aromatic heterocycles. The van der Waals surface area contributed by atoms with Crippen molar-refractivity contribution in [2.45, 2.75) is 56.5 Å². The lowest BCUT2D eigenvalue weighted by Crippen LogP contribution is -2.44. The molecule has 1 saturated carbocycles. The van der Waals surface area contributed by atoms with Crippen molar-refractivity contribution in [1.82, 2.24) is 9.21 Å². The van der Waals surface area contributed by atoms with Crippen molar-refractivity contribution in [3.05, 3.63) is 28.8 Å².